The molecule has 1 aromatic rings. The van der Waals surface area contributed by atoms with E-state index in [2.05, 4.69) is 6.92 Å². The maximum Gasteiger partial charge on any atom is 0.312 e. The van der Waals surface area contributed by atoms with E-state index < -0.39 is 0 Å². The summed E-state index contributed by atoms with van der Waals surface area (Å²) >= 11 is 0. The summed E-state index contributed by atoms with van der Waals surface area (Å²) in [5.74, 6) is 0.484. The maximum atomic E-state index is 12.8. The molecule has 1 aromatic heterocycles. The number of methoxy groups -OCH3 is 1. The standard InChI is InChI=1S/C21H26O6/c1-11-5-7-20-15-4-3-13(16(20)17(22)23-2)25-18(20)27-19-21(11,15)9-14(26-19)12-6-8-24-10-12/h6,8,10-11,13-16,18-19H,3-5,7,9H2,1-2H3/t11-,13-,14+,15+,16+,18-,19-,20+,21-/m1/s1. The van der Waals surface area contributed by atoms with Crippen molar-refractivity contribution in [2.45, 2.75) is 63.8 Å². The Labute approximate surface area is 158 Å². The zero-order valence-electron chi connectivity index (χ0n) is 15.8. The highest BCUT2D eigenvalue weighted by Gasteiger charge is 2.78. The number of rotatable bonds is 2. The number of hydrogen-bond donors (Lipinski definition) is 0. The van der Waals surface area contributed by atoms with Crippen LogP contribution in [0, 0.1) is 28.6 Å². The summed E-state index contributed by atoms with van der Waals surface area (Å²) in [5, 5.41) is 0. The molecule has 0 aromatic carbocycles. The smallest absolute Gasteiger partial charge is 0.312 e. The van der Waals surface area contributed by atoms with Crippen LogP contribution in [0.15, 0.2) is 23.0 Å². The summed E-state index contributed by atoms with van der Waals surface area (Å²) in [7, 11) is 1.49. The first-order chi connectivity index (χ1) is 13.1. The summed E-state index contributed by atoms with van der Waals surface area (Å²) in [4.78, 5) is 12.8. The molecule has 3 saturated heterocycles. The minimum absolute atomic E-state index is 0.0283. The molecule has 2 spiro atoms. The molecule has 2 saturated carbocycles. The Bertz CT molecular complexity index is 761. The quantitative estimate of drug-likeness (QED) is 0.739. The second-order valence-electron chi connectivity index (χ2n) is 9.16. The van der Waals surface area contributed by atoms with Crippen molar-refractivity contribution in [3.05, 3.63) is 24.2 Å². The predicted octanol–water partition coefficient (Wildman–Crippen LogP) is 3.42. The van der Waals surface area contributed by atoms with Crippen molar-refractivity contribution in [1.82, 2.24) is 0 Å². The molecule has 5 aliphatic rings. The van der Waals surface area contributed by atoms with Crippen molar-refractivity contribution in [1.29, 1.82) is 0 Å². The van der Waals surface area contributed by atoms with Crippen molar-refractivity contribution in [2.75, 3.05) is 7.11 Å². The highest BCUT2D eigenvalue weighted by atomic mass is 16.8. The Morgan fingerprint density at radius 1 is 1.15 bits per heavy atom. The molecule has 5 fully saturated rings. The molecular formula is C21H26O6. The van der Waals surface area contributed by atoms with Crippen LogP contribution in [0.4, 0.5) is 0 Å². The summed E-state index contributed by atoms with van der Waals surface area (Å²) in [5.41, 5.74) is 0.716. The van der Waals surface area contributed by atoms with Crippen molar-refractivity contribution in [3.8, 4) is 0 Å². The third kappa shape index (κ3) is 1.80. The number of esters is 1. The van der Waals surface area contributed by atoms with Gasteiger partial charge in [0.1, 0.15) is 0 Å². The highest BCUT2D eigenvalue weighted by molar-refractivity contribution is 5.75. The molecule has 6 heteroatoms. The molecule has 0 unspecified atom stereocenters. The zero-order valence-corrected chi connectivity index (χ0v) is 15.8. The summed E-state index contributed by atoms with van der Waals surface area (Å²) in [6.45, 7) is 2.33. The number of fused-ring (bicyclic) bond motifs is 1. The minimum Gasteiger partial charge on any atom is -0.472 e. The van der Waals surface area contributed by atoms with Crippen molar-refractivity contribution in [3.63, 3.8) is 0 Å². The number of carbonyl (C=O) groups is 1. The fourth-order valence-corrected chi connectivity index (χ4v) is 7.43. The van der Waals surface area contributed by atoms with Gasteiger partial charge in [0, 0.05) is 16.4 Å². The van der Waals surface area contributed by atoms with Gasteiger partial charge in [-0.05, 0) is 50.0 Å². The van der Waals surface area contributed by atoms with Crippen LogP contribution in [0.3, 0.4) is 0 Å². The third-order valence-electron chi connectivity index (χ3n) is 8.54. The van der Waals surface area contributed by atoms with Gasteiger partial charge in [-0.1, -0.05) is 6.92 Å². The second kappa shape index (κ2) is 5.37. The first-order valence-corrected chi connectivity index (χ1v) is 10.2. The van der Waals surface area contributed by atoms with E-state index in [9.17, 15) is 4.79 Å². The molecule has 27 heavy (non-hydrogen) atoms. The molecule has 146 valence electrons. The Morgan fingerprint density at radius 3 is 2.78 bits per heavy atom. The van der Waals surface area contributed by atoms with E-state index in [1.54, 1.807) is 12.5 Å². The summed E-state index contributed by atoms with van der Waals surface area (Å²) < 4.78 is 29.8. The lowest BCUT2D eigenvalue weighted by Gasteiger charge is -2.63. The van der Waals surface area contributed by atoms with E-state index >= 15 is 0 Å². The van der Waals surface area contributed by atoms with Gasteiger partial charge in [0.25, 0.3) is 0 Å². The van der Waals surface area contributed by atoms with Gasteiger partial charge in [0.2, 0.25) is 0 Å². The highest BCUT2D eigenvalue weighted by Crippen LogP contribution is 2.75. The molecular weight excluding hydrogens is 348 g/mol. The lowest BCUT2D eigenvalue weighted by Crippen LogP contribution is -2.66. The van der Waals surface area contributed by atoms with E-state index in [1.807, 2.05) is 6.07 Å². The Balaban J connectivity index is 1.47. The summed E-state index contributed by atoms with van der Waals surface area (Å²) in [6, 6.07) is 1.98. The number of carbonyl (C=O) groups excluding carboxylic acids is 1. The number of ether oxygens (including phenoxy) is 4. The Kier molecular flexibility index (Phi) is 3.29. The van der Waals surface area contributed by atoms with Crippen LogP contribution < -0.4 is 0 Å². The molecule has 2 aliphatic carbocycles. The van der Waals surface area contributed by atoms with E-state index in [0.717, 1.165) is 37.7 Å². The first-order valence-electron chi connectivity index (χ1n) is 10.2. The Hall–Kier alpha value is -1.37. The number of hydrogen-bond acceptors (Lipinski definition) is 6. The van der Waals surface area contributed by atoms with Crippen molar-refractivity contribution in [2.24, 2.45) is 28.6 Å². The summed E-state index contributed by atoms with van der Waals surface area (Å²) in [6.07, 6.45) is 7.60. The fraction of sp³-hybridized carbons (Fsp3) is 0.762. The maximum absolute atomic E-state index is 12.8. The molecule has 0 N–H and O–H groups in total. The van der Waals surface area contributed by atoms with E-state index in [1.165, 1.54) is 7.11 Å². The van der Waals surface area contributed by atoms with E-state index in [0.29, 0.717) is 11.8 Å². The molecule has 4 heterocycles. The van der Waals surface area contributed by atoms with E-state index in [-0.39, 0.29) is 47.5 Å². The predicted molar refractivity (Wildman–Crippen MR) is 92.2 cm³/mol. The molecule has 3 bridgehead atoms. The van der Waals surface area contributed by atoms with Gasteiger partial charge in [-0.15, -0.1) is 0 Å². The lowest BCUT2D eigenvalue weighted by molar-refractivity contribution is -0.355. The lowest BCUT2D eigenvalue weighted by atomic mass is 9.42. The molecule has 0 radical (unpaired) electrons. The number of furan rings is 1. The zero-order chi connectivity index (χ0) is 18.4. The van der Waals surface area contributed by atoms with Gasteiger partial charge in [0.05, 0.1) is 37.8 Å². The van der Waals surface area contributed by atoms with Gasteiger partial charge >= 0.3 is 5.97 Å². The Morgan fingerprint density at radius 2 is 2.00 bits per heavy atom. The molecule has 6 rings (SSSR count). The largest absolute Gasteiger partial charge is 0.472 e. The molecule has 6 nitrogen and oxygen atoms in total. The van der Waals surface area contributed by atoms with Crippen LogP contribution >= 0.6 is 0 Å². The fourth-order valence-electron chi connectivity index (χ4n) is 7.43. The average Bonchev–Trinajstić information content (AvgIpc) is 3.36. The minimum atomic E-state index is -0.368. The van der Waals surface area contributed by atoms with Gasteiger partial charge in [-0.2, -0.15) is 0 Å². The van der Waals surface area contributed by atoms with Crippen LogP contribution in [-0.2, 0) is 23.7 Å². The van der Waals surface area contributed by atoms with Gasteiger partial charge < -0.3 is 23.4 Å². The molecule has 9 atom stereocenters. The van der Waals surface area contributed by atoms with Crippen molar-refractivity contribution >= 4 is 5.97 Å². The van der Waals surface area contributed by atoms with E-state index in [4.69, 9.17) is 23.4 Å². The van der Waals surface area contributed by atoms with Gasteiger partial charge in [0.15, 0.2) is 12.6 Å². The van der Waals surface area contributed by atoms with Crippen LogP contribution in [0.5, 0.6) is 0 Å². The average molecular weight is 374 g/mol. The van der Waals surface area contributed by atoms with Crippen LogP contribution in [-0.4, -0.2) is 31.8 Å². The van der Waals surface area contributed by atoms with Gasteiger partial charge in [-0.3, -0.25) is 4.79 Å². The van der Waals surface area contributed by atoms with Crippen molar-refractivity contribution < 1.29 is 28.2 Å². The van der Waals surface area contributed by atoms with Crippen LogP contribution in [0.1, 0.15) is 50.7 Å². The second-order valence-corrected chi connectivity index (χ2v) is 9.16. The topological polar surface area (TPSA) is 67.1 Å². The third-order valence-corrected chi connectivity index (χ3v) is 8.54. The van der Waals surface area contributed by atoms with Crippen LogP contribution in [0.25, 0.3) is 0 Å². The molecule has 3 aliphatic heterocycles. The normalized spacial score (nSPS) is 52.4. The SMILES string of the molecule is COC(=O)[C@@H]1[C@H]2CC[C@@H]3[C@]45C[C@@H](c6ccoc6)O[C@@H]4O[C@@H](O2)[C@@]31CC[C@H]5C. The van der Waals surface area contributed by atoms with Gasteiger partial charge in [-0.25, -0.2) is 0 Å². The molecule has 0 amide bonds. The van der Waals surface area contributed by atoms with Crippen LogP contribution in [0.2, 0.25) is 0 Å². The first kappa shape index (κ1) is 16.6. The monoisotopic (exact) mass is 374 g/mol.